The highest BCUT2D eigenvalue weighted by atomic mass is 14.7. The van der Waals surface area contributed by atoms with E-state index in [0.29, 0.717) is 0 Å². The Labute approximate surface area is 74.9 Å². The van der Waals surface area contributed by atoms with Gasteiger partial charge in [0.05, 0.1) is 0 Å². The fourth-order valence-corrected chi connectivity index (χ4v) is 1.08. The lowest BCUT2D eigenvalue weighted by Gasteiger charge is -2.18. The Balaban J connectivity index is 2.92. The molecule has 0 radical (unpaired) electrons. The van der Waals surface area contributed by atoms with Crippen molar-refractivity contribution in [3.63, 3.8) is 0 Å². The molecular formula is C11H17N. The molecule has 0 fully saturated rings. The van der Waals surface area contributed by atoms with Crippen molar-refractivity contribution in [2.45, 2.75) is 34.1 Å². The van der Waals surface area contributed by atoms with Crippen molar-refractivity contribution in [2.24, 2.45) is 10.4 Å². The predicted octanol–water partition coefficient (Wildman–Crippen LogP) is 3.34. The van der Waals surface area contributed by atoms with E-state index in [1.165, 1.54) is 11.3 Å². The Bertz CT molecular complexity index is 249. The molecule has 0 unspecified atom stereocenters. The summed E-state index contributed by atoms with van der Waals surface area (Å²) in [5, 5.41) is 0. The van der Waals surface area contributed by atoms with Gasteiger partial charge in [-0.1, -0.05) is 32.9 Å². The van der Waals surface area contributed by atoms with Gasteiger partial charge in [-0.05, 0) is 17.9 Å². The smallest absolute Gasteiger partial charge is 0.0304 e. The van der Waals surface area contributed by atoms with Crippen LogP contribution in [0.3, 0.4) is 0 Å². The zero-order valence-corrected chi connectivity index (χ0v) is 8.39. The van der Waals surface area contributed by atoms with Gasteiger partial charge in [-0.15, -0.1) is 0 Å². The Kier molecular flexibility index (Phi) is 2.51. The van der Waals surface area contributed by atoms with Gasteiger partial charge < -0.3 is 0 Å². The van der Waals surface area contributed by atoms with Gasteiger partial charge in [0.25, 0.3) is 0 Å². The van der Waals surface area contributed by atoms with E-state index in [2.05, 4.69) is 44.8 Å². The lowest BCUT2D eigenvalue weighted by atomic mass is 9.87. The molecule has 0 aromatic carbocycles. The molecule has 66 valence electrons. The van der Waals surface area contributed by atoms with Gasteiger partial charge >= 0.3 is 0 Å². The Morgan fingerprint density at radius 2 is 2.00 bits per heavy atom. The summed E-state index contributed by atoms with van der Waals surface area (Å²) in [5.74, 6) is 0. The van der Waals surface area contributed by atoms with E-state index < -0.39 is 0 Å². The minimum absolute atomic E-state index is 0.213. The van der Waals surface area contributed by atoms with Crippen LogP contribution in [0, 0.1) is 5.41 Å². The Morgan fingerprint density at radius 1 is 1.33 bits per heavy atom. The van der Waals surface area contributed by atoms with Crippen LogP contribution in [0.2, 0.25) is 0 Å². The van der Waals surface area contributed by atoms with E-state index in [0.717, 1.165) is 6.42 Å². The van der Waals surface area contributed by atoms with Crippen molar-refractivity contribution in [1.29, 1.82) is 0 Å². The highest BCUT2D eigenvalue weighted by molar-refractivity contribution is 5.84. The van der Waals surface area contributed by atoms with Crippen molar-refractivity contribution in [2.75, 3.05) is 0 Å². The first kappa shape index (κ1) is 9.24. The SMILES string of the molecule is CC1=NC=C(C(C)(C)C)C=CC1. The van der Waals surface area contributed by atoms with Gasteiger partial charge in [0.15, 0.2) is 0 Å². The first-order chi connectivity index (χ1) is 5.50. The second-order valence-corrected chi connectivity index (χ2v) is 4.31. The molecule has 1 aliphatic heterocycles. The van der Waals surface area contributed by atoms with E-state index in [1.54, 1.807) is 0 Å². The Hall–Kier alpha value is -0.850. The van der Waals surface area contributed by atoms with E-state index in [-0.39, 0.29) is 5.41 Å². The zero-order chi connectivity index (χ0) is 9.19. The molecule has 1 nitrogen and oxygen atoms in total. The molecule has 0 N–H and O–H groups in total. The molecule has 12 heavy (non-hydrogen) atoms. The minimum Gasteiger partial charge on any atom is -0.265 e. The van der Waals surface area contributed by atoms with Crippen LogP contribution in [0.4, 0.5) is 0 Å². The molecule has 1 heteroatoms. The molecule has 0 amide bonds. The summed E-state index contributed by atoms with van der Waals surface area (Å²) >= 11 is 0. The minimum atomic E-state index is 0.213. The normalized spacial score (nSPS) is 18.3. The van der Waals surface area contributed by atoms with Crippen molar-refractivity contribution >= 4 is 5.71 Å². The van der Waals surface area contributed by atoms with Crippen LogP contribution < -0.4 is 0 Å². The molecule has 1 heterocycles. The quantitative estimate of drug-likeness (QED) is 0.519. The average molecular weight is 163 g/mol. The Morgan fingerprint density at radius 3 is 2.58 bits per heavy atom. The van der Waals surface area contributed by atoms with Gasteiger partial charge in [-0.2, -0.15) is 0 Å². The second-order valence-electron chi connectivity index (χ2n) is 4.31. The third kappa shape index (κ3) is 2.33. The lowest BCUT2D eigenvalue weighted by molar-refractivity contribution is 0.516. The molecular weight excluding hydrogens is 146 g/mol. The largest absolute Gasteiger partial charge is 0.265 e. The number of aliphatic imine (C=N–C) groups is 1. The van der Waals surface area contributed by atoms with Crippen LogP contribution in [0.5, 0.6) is 0 Å². The van der Waals surface area contributed by atoms with Gasteiger partial charge in [0, 0.05) is 18.3 Å². The first-order valence-electron chi connectivity index (χ1n) is 4.40. The van der Waals surface area contributed by atoms with Crippen molar-refractivity contribution in [3.05, 3.63) is 23.9 Å². The maximum atomic E-state index is 4.36. The zero-order valence-electron chi connectivity index (χ0n) is 8.39. The molecule has 0 spiro atoms. The molecule has 1 rings (SSSR count). The maximum absolute atomic E-state index is 4.36. The summed E-state index contributed by atoms with van der Waals surface area (Å²) in [6.45, 7) is 8.68. The molecule has 0 saturated heterocycles. The van der Waals surface area contributed by atoms with Crippen LogP contribution in [0.25, 0.3) is 0 Å². The van der Waals surface area contributed by atoms with Gasteiger partial charge in [-0.3, -0.25) is 4.99 Å². The molecule has 0 aromatic rings. The summed E-state index contributed by atoms with van der Waals surface area (Å²) in [4.78, 5) is 4.36. The summed E-state index contributed by atoms with van der Waals surface area (Å²) in [7, 11) is 0. The highest BCUT2D eigenvalue weighted by Gasteiger charge is 2.14. The van der Waals surface area contributed by atoms with Crippen LogP contribution in [-0.4, -0.2) is 5.71 Å². The first-order valence-corrected chi connectivity index (χ1v) is 4.40. The summed E-state index contributed by atoms with van der Waals surface area (Å²) in [5.41, 5.74) is 2.70. The topological polar surface area (TPSA) is 12.4 Å². The molecule has 1 aliphatic rings. The number of hydrogen-bond acceptors (Lipinski definition) is 1. The predicted molar refractivity (Wildman–Crippen MR) is 54.4 cm³/mol. The highest BCUT2D eigenvalue weighted by Crippen LogP contribution is 2.27. The summed E-state index contributed by atoms with van der Waals surface area (Å²) in [6, 6.07) is 0. The van der Waals surface area contributed by atoms with E-state index >= 15 is 0 Å². The molecule has 0 saturated carbocycles. The monoisotopic (exact) mass is 163 g/mol. The third-order valence-electron chi connectivity index (χ3n) is 2.00. The van der Waals surface area contributed by atoms with E-state index in [1.807, 2.05) is 6.20 Å². The maximum Gasteiger partial charge on any atom is 0.0304 e. The summed E-state index contributed by atoms with van der Waals surface area (Å²) < 4.78 is 0. The number of rotatable bonds is 0. The fraction of sp³-hybridized carbons (Fsp3) is 0.545. The standard InChI is InChI=1S/C11H17N/c1-9-6-5-7-10(8-12-9)11(2,3)4/h5,7-8H,6H2,1-4H3. The van der Waals surface area contributed by atoms with Crippen molar-refractivity contribution < 1.29 is 0 Å². The molecule has 0 atom stereocenters. The molecule has 0 aromatic heterocycles. The second kappa shape index (κ2) is 3.26. The third-order valence-corrected chi connectivity index (χ3v) is 2.00. The van der Waals surface area contributed by atoms with Crippen LogP contribution in [0.1, 0.15) is 34.1 Å². The van der Waals surface area contributed by atoms with Gasteiger partial charge in [0.2, 0.25) is 0 Å². The molecule has 0 bridgehead atoms. The van der Waals surface area contributed by atoms with Crippen LogP contribution in [0.15, 0.2) is 28.9 Å². The number of hydrogen-bond donors (Lipinski definition) is 0. The average Bonchev–Trinajstić information content (AvgIpc) is 2.11. The van der Waals surface area contributed by atoms with Crippen LogP contribution >= 0.6 is 0 Å². The van der Waals surface area contributed by atoms with Crippen molar-refractivity contribution in [1.82, 2.24) is 0 Å². The van der Waals surface area contributed by atoms with E-state index in [9.17, 15) is 0 Å². The number of allylic oxidation sites excluding steroid dienone is 3. The number of nitrogens with zero attached hydrogens (tertiary/aromatic N) is 1. The van der Waals surface area contributed by atoms with E-state index in [4.69, 9.17) is 0 Å². The fourth-order valence-electron chi connectivity index (χ4n) is 1.08. The lowest BCUT2D eigenvalue weighted by Crippen LogP contribution is -2.06. The molecule has 0 aliphatic carbocycles. The van der Waals surface area contributed by atoms with Gasteiger partial charge in [-0.25, -0.2) is 0 Å². The summed E-state index contributed by atoms with van der Waals surface area (Å²) in [6.07, 6.45) is 7.33. The van der Waals surface area contributed by atoms with Gasteiger partial charge in [0.1, 0.15) is 0 Å². The van der Waals surface area contributed by atoms with Crippen molar-refractivity contribution in [3.8, 4) is 0 Å². The van der Waals surface area contributed by atoms with Crippen LogP contribution in [-0.2, 0) is 0 Å².